The Morgan fingerprint density at radius 3 is 3.00 bits per heavy atom. The first kappa shape index (κ1) is 15.4. The summed E-state index contributed by atoms with van der Waals surface area (Å²) in [6.45, 7) is 0.872. The van der Waals surface area contributed by atoms with Crippen LogP contribution in [-0.2, 0) is 16.0 Å². The molecule has 92 valence electrons. The van der Waals surface area contributed by atoms with Crippen LogP contribution >= 0.6 is 23.7 Å². The van der Waals surface area contributed by atoms with Gasteiger partial charge in [-0.1, -0.05) is 0 Å². The summed E-state index contributed by atoms with van der Waals surface area (Å²) in [6, 6.07) is 1.48. The van der Waals surface area contributed by atoms with Gasteiger partial charge in [0.25, 0.3) is 0 Å². The van der Waals surface area contributed by atoms with E-state index >= 15 is 0 Å². The zero-order valence-corrected chi connectivity index (χ0v) is 10.8. The Morgan fingerprint density at radius 2 is 2.44 bits per heavy atom. The van der Waals surface area contributed by atoms with Crippen LogP contribution in [0.3, 0.4) is 0 Å². The van der Waals surface area contributed by atoms with Crippen molar-refractivity contribution in [3.8, 4) is 0 Å². The number of thiophene rings is 1. The van der Waals surface area contributed by atoms with Gasteiger partial charge in [-0.3, -0.25) is 4.79 Å². The minimum absolute atomic E-state index is 0. The molecule has 0 saturated heterocycles. The Labute approximate surface area is 106 Å². The summed E-state index contributed by atoms with van der Waals surface area (Å²) in [7, 11) is 1.53. The van der Waals surface area contributed by atoms with Crippen molar-refractivity contribution in [3.63, 3.8) is 0 Å². The number of hydrogen-bond acceptors (Lipinski definition) is 4. The predicted octanol–water partition coefficient (Wildman–Crippen LogP) is 0.802. The first-order chi connectivity index (χ1) is 7.24. The zero-order chi connectivity index (χ0) is 11.1. The first-order valence-corrected chi connectivity index (χ1v) is 5.71. The van der Waals surface area contributed by atoms with Crippen molar-refractivity contribution >= 4 is 29.7 Å². The number of hydrogen-bond donors (Lipinski definition) is 2. The van der Waals surface area contributed by atoms with Gasteiger partial charge in [-0.15, -0.1) is 12.4 Å². The summed E-state index contributed by atoms with van der Waals surface area (Å²) >= 11 is 1.66. The summed E-state index contributed by atoms with van der Waals surface area (Å²) in [5, 5.41) is 6.86. The number of ether oxygens (including phenoxy) is 1. The van der Waals surface area contributed by atoms with Gasteiger partial charge in [0.2, 0.25) is 5.91 Å². The number of nitrogens with one attached hydrogen (secondary N) is 1. The number of amides is 1. The second kappa shape index (κ2) is 8.52. The van der Waals surface area contributed by atoms with E-state index in [1.54, 1.807) is 11.3 Å². The van der Waals surface area contributed by atoms with Crippen molar-refractivity contribution in [1.82, 2.24) is 5.32 Å². The third-order valence-corrected chi connectivity index (χ3v) is 2.71. The van der Waals surface area contributed by atoms with E-state index in [-0.39, 0.29) is 24.9 Å². The Balaban J connectivity index is 0.00000225. The molecule has 1 rings (SSSR count). The third-order valence-electron chi connectivity index (χ3n) is 1.98. The maximum Gasteiger partial charge on any atom is 0.239 e. The second-order valence-corrected chi connectivity index (χ2v) is 4.01. The summed E-state index contributed by atoms with van der Waals surface area (Å²) in [5.41, 5.74) is 6.79. The molecule has 1 heterocycles. The molecule has 0 radical (unpaired) electrons. The molecule has 1 amide bonds. The maximum atomic E-state index is 11.3. The van der Waals surface area contributed by atoms with Gasteiger partial charge in [-0.05, 0) is 28.8 Å². The monoisotopic (exact) mass is 264 g/mol. The van der Waals surface area contributed by atoms with Gasteiger partial charge in [-0.2, -0.15) is 11.3 Å². The van der Waals surface area contributed by atoms with E-state index in [1.165, 1.54) is 12.7 Å². The molecule has 0 spiro atoms. The van der Waals surface area contributed by atoms with E-state index in [1.807, 2.05) is 11.4 Å². The van der Waals surface area contributed by atoms with Gasteiger partial charge in [-0.25, -0.2) is 0 Å². The summed E-state index contributed by atoms with van der Waals surface area (Å²) in [5.74, 6) is -0.160. The van der Waals surface area contributed by atoms with Crippen LogP contribution in [0.5, 0.6) is 0 Å². The lowest BCUT2D eigenvalue weighted by Gasteiger charge is -2.10. The van der Waals surface area contributed by atoms with E-state index in [0.29, 0.717) is 6.54 Å². The summed E-state index contributed by atoms with van der Waals surface area (Å²) < 4.78 is 4.79. The smallest absolute Gasteiger partial charge is 0.239 e. The van der Waals surface area contributed by atoms with Crippen LogP contribution in [0.1, 0.15) is 5.56 Å². The number of carbonyl (C=O) groups is 1. The molecule has 0 aliphatic heterocycles. The Hall–Kier alpha value is -0.620. The van der Waals surface area contributed by atoms with Crippen molar-refractivity contribution in [3.05, 3.63) is 22.4 Å². The lowest BCUT2D eigenvalue weighted by molar-refractivity contribution is -0.123. The van der Waals surface area contributed by atoms with Crippen molar-refractivity contribution in [1.29, 1.82) is 0 Å². The molecule has 4 nitrogen and oxygen atoms in total. The molecule has 0 bridgehead atoms. The quantitative estimate of drug-likeness (QED) is 0.799. The molecule has 16 heavy (non-hydrogen) atoms. The number of halogens is 1. The second-order valence-electron chi connectivity index (χ2n) is 3.23. The van der Waals surface area contributed by atoms with Gasteiger partial charge in [0.15, 0.2) is 0 Å². The Morgan fingerprint density at radius 1 is 1.69 bits per heavy atom. The zero-order valence-electron chi connectivity index (χ0n) is 9.14. The first-order valence-electron chi connectivity index (χ1n) is 4.77. The predicted molar refractivity (Wildman–Crippen MR) is 68.1 cm³/mol. The molecule has 0 aliphatic carbocycles. The molecule has 1 aromatic rings. The molecule has 1 atom stereocenters. The number of carbonyl (C=O) groups excluding carboxylic acids is 1. The Kier molecular flexibility index (Phi) is 8.19. The summed E-state index contributed by atoms with van der Waals surface area (Å²) in [6.07, 6.45) is 0.842. The topological polar surface area (TPSA) is 64.3 Å². The molecule has 1 aromatic heterocycles. The number of nitrogens with two attached hydrogens (primary N) is 1. The SMILES string of the molecule is COCC(N)C(=O)NCCc1ccsc1.Cl. The van der Waals surface area contributed by atoms with E-state index in [2.05, 4.69) is 10.7 Å². The van der Waals surface area contributed by atoms with Crippen LogP contribution in [-0.4, -0.2) is 32.2 Å². The molecule has 6 heteroatoms. The molecule has 0 aromatic carbocycles. The molecule has 0 fully saturated rings. The highest BCUT2D eigenvalue weighted by Crippen LogP contribution is 2.05. The highest BCUT2D eigenvalue weighted by Gasteiger charge is 2.11. The molecule has 1 unspecified atom stereocenters. The Bertz CT molecular complexity index is 293. The average Bonchev–Trinajstić information content (AvgIpc) is 2.71. The molecule has 0 aliphatic rings. The van der Waals surface area contributed by atoms with Gasteiger partial charge < -0.3 is 15.8 Å². The van der Waals surface area contributed by atoms with Crippen LogP contribution in [0.4, 0.5) is 0 Å². The fourth-order valence-corrected chi connectivity index (χ4v) is 1.85. The molecular formula is C10H17ClN2O2S. The van der Waals surface area contributed by atoms with Crippen LogP contribution < -0.4 is 11.1 Å². The van der Waals surface area contributed by atoms with E-state index in [9.17, 15) is 4.79 Å². The van der Waals surface area contributed by atoms with Crippen molar-refractivity contribution in [2.45, 2.75) is 12.5 Å². The van der Waals surface area contributed by atoms with E-state index in [0.717, 1.165) is 6.42 Å². The van der Waals surface area contributed by atoms with Gasteiger partial charge in [0.05, 0.1) is 6.61 Å². The fraction of sp³-hybridized carbons (Fsp3) is 0.500. The van der Waals surface area contributed by atoms with E-state index < -0.39 is 6.04 Å². The lowest BCUT2D eigenvalue weighted by Crippen LogP contribution is -2.44. The average molecular weight is 265 g/mol. The fourth-order valence-electron chi connectivity index (χ4n) is 1.15. The van der Waals surface area contributed by atoms with Gasteiger partial charge in [0.1, 0.15) is 6.04 Å². The van der Waals surface area contributed by atoms with Crippen molar-refractivity contribution in [2.24, 2.45) is 5.73 Å². The molecule has 3 N–H and O–H groups in total. The largest absolute Gasteiger partial charge is 0.383 e. The van der Waals surface area contributed by atoms with Gasteiger partial charge >= 0.3 is 0 Å². The summed E-state index contributed by atoms with van der Waals surface area (Å²) in [4.78, 5) is 11.3. The van der Waals surface area contributed by atoms with Crippen LogP contribution in [0.15, 0.2) is 16.8 Å². The number of rotatable bonds is 6. The van der Waals surface area contributed by atoms with Crippen LogP contribution in [0.2, 0.25) is 0 Å². The third kappa shape index (κ3) is 5.46. The van der Waals surface area contributed by atoms with Crippen molar-refractivity contribution in [2.75, 3.05) is 20.3 Å². The normalized spacial score (nSPS) is 11.6. The highest BCUT2D eigenvalue weighted by atomic mass is 35.5. The van der Waals surface area contributed by atoms with Crippen molar-refractivity contribution < 1.29 is 9.53 Å². The standard InChI is InChI=1S/C10H16N2O2S.ClH/c1-14-6-9(11)10(13)12-4-2-8-3-5-15-7-8;/h3,5,7,9H,2,4,6,11H2,1H3,(H,12,13);1H. The van der Waals surface area contributed by atoms with Crippen LogP contribution in [0.25, 0.3) is 0 Å². The maximum absolute atomic E-state index is 11.3. The van der Waals surface area contributed by atoms with Crippen LogP contribution in [0, 0.1) is 0 Å². The van der Waals surface area contributed by atoms with E-state index in [4.69, 9.17) is 10.5 Å². The number of methoxy groups -OCH3 is 1. The molecule has 0 saturated carbocycles. The molecular weight excluding hydrogens is 248 g/mol. The minimum atomic E-state index is -0.572. The van der Waals surface area contributed by atoms with Gasteiger partial charge in [0, 0.05) is 13.7 Å². The minimum Gasteiger partial charge on any atom is -0.383 e. The highest BCUT2D eigenvalue weighted by molar-refractivity contribution is 7.07. The lowest BCUT2D eigenvalue weighted by atomic mass is 10.2.